The summed E-state index contributed by atoms with van der Waals surface area (Å²) in [5, 5.41) is 7.67. The minimum atomic E-state index is -0.685. The zero-order chi connectivity index (χ0) is 17.9. The van der Waals surface area contributed by atoms with Gasteiger partial charge < -0.3 is 14.6 Å². The lowest BCUT2D eigenvalue weighted by atomic mass is 10.1. The molecule has 1 aromatic carbocycles. The summed E-state index contributed by atoms with van der Waals surface area (Å²) in [6, 6.07) is 3.21. The van der Waals surface area contributed by atoms with Crippen molar-refractivity contribution < 1.29 is 18.0 Å². The van der Waals surface area contributed by atoms with E-state index in [0.29, 0.717) is 23.4 Å². The SMILES string of the molecule is Fc1cc(F)cc(-c2noc3ncnc(NCCN4CCOCC4)c23)c1. The highest BCUT2D eigenvalue weighted by Crippen LogP contribution is 2.31. The lowest BCUT2D eigenvalue weighted by Crippen LogP contribution is -2.39. The molecule has 0 aliphatic carbocycles. The number of hydrogen-bond acceptors (Lipinski definition) is 7. The van der Waals surface area contributed by atoms with Gasteiger partial charge in [0.05, 0.1) is 13.2 Å². The molecule has 26 heavy (non-hydrogen) atoms. The van der Waals surface area contributed by atoms with Crippen molar-refractivity contribution in [2.75, 3.05) is 44.7 Å². The maximum atomic E-state index is 13.6. The Morgan fingerprint density at radius 3 is 2.62 bits per heavy atom. The van der Waals surface area contributed by atoms with Crippen LogP contribution in [0.15, 0.2) is 29.0 Å². The van der Waals surface area contributed by atoms with E-state index in [0.717, 1.165) is 38.9 Å². The van der Waals surface area contributed by atoms with Crippen LogP contribution in [0.2, 0.25) is 0 Å². The number of nitrogens with zero attached hydrogens (tertiary/aromatic N) is 4. The van der Waals surface area contributed by atoms with E-state index in [1.165, 1.54) is 18.5 Å². The maximum Gasteiger partial charge on any atom is 0.263 e. The number of fused-ring (bicyclic) bond motifs is 1. The zero-order valence-electron chi connectivity index (χ0n) is 13.9. The van der Waals surface area contributed by atoms with E-state index in [1.54, 1.807) is 0 Å². The van der Waals surface area contributed by atoms with Crippen LogP contribution in [0.1, 0.15) is 0 Å². The molecule has 136 valence electrons. The Morgan fingerprint density at radius 1 is 1.08 bits per heavy atom. The average Bonchev–Trinajstić information content (AvgIpc) is 3.07. The molecule has 9 heteroatoms. The molecule has 0 atom stereocenters. The fourth-order valence-electron chi connectivity index (χ4n) is 2.97. The first kappa shape index (κ1) is 16.8. The second kappa shape index (κ2) is 7.30. The van der Waals surface area contributed by atoms with Crippen molar-refractivity contribution in [2.45, 2.75) is 0 Å². The van der Waals surface area contributed by atoms with E-state index in [9.17, 15) is 8.78 Å². The fourth-order valence-corrected chi connectivity index (χ4v) is 2.97. The standard InChI is InChI=1S/C17H17F2N5O2/c18-12-7-11(8-13(19)9-12)15-14-16(21-10-22-17(14)26-23-15)20-1-2-24-3-5-25-6-4-24/h7-10H,1-6H2,(H,20,21,22). The number of benzene rings is 1. The van der Waals surface area contributed by atoms with Crippen LogP contribution in [-0.2, 0) is 4.74 Å². The summed E-state index contributed by atoms with van der Waals surface area (Å²) >= 11 is 0. The van der Waals surface area contributed by atoms with E-state index in [4.69, 9.17) is 9.26 Å². The summed E-state index contributed by atoms with van der Waals surface area (Å²) < 4.78 is 37.7. The van der Waals surface area contributed by atoms with Crippen molar-refractivity contribution in [1.82, 2.24) is 20.0 Å². The van der Waals surface area contributed by atoms with Gasteiger partial charge in [-0.3, -0.25) is 4.90 Å². The van der Waals surface area contributed by atoms with Crippen molar-refractivity contribution in [2.24, 2.45) is 0 Å². The molecule has 1 fully saturated rings. The topological polar surface area (TPSA) is 76.3 Å². The van der Waals surface area contributed by atoms with Crippen LogP contribution < -0.4 is 5.32 Å². The first-order chi connectivity index (χ1) is 12.7. The minimum Gasteiger partial charge on any atom is -0.379 e. The van der Waals surface area contributed by atoms with E-state index in [2.05, 4.69) is 25.3 Å². The molecule has 3 heterocycles. The first-order valence-corrected chi connectivity index (χ1v) is 8.31. The smallest absolute Gasteiger partial charge is 0.263 e. The lowest BCUT2D eigenvalue weighted by Gasteiger charge is -2.26. The van der Waals surface area contributed by atoms with E-state index in [1.807, 2.05) is 0 Å². The highest BCUT2D eigenvalue weighted by atomic mass is 19.1. The molecule has 0 radical (unpaired) electrons. The number of hydrogen-bond donors (Lipinski definition) is 1. The van der Waals surface area contributed by atoms with Gasteiger partial charge >= 0.3 is 0 Å². The molecule has 1 N–H and O–H groups in total. The van der Waals surface area contributed by atoms with Crippen LogP contribution in [0.25, 0.3) is 22.4 Å². The average molecular weight is 361 g/mol. The van der Waals surface area contributed by atoms with Gasteiger partial charge in [0.15, 0.2) is 0 Å². The molecule has 4 rings (SSSR count). The van der Waals surface area contributed by atoms with Gasteiger partial charge in [-0.15, -0.1) is 0 Å². The summed E-state index contributed by atoms with van der Waals surface area (Å²) in [6.07, 6.45) is 1.36. The highest BCUT2D eigenvalue weighted by molar-refractivity contribution is 5.97. The molecule has 1 saturated heterocycles. The van der Waals surface area contributed by atoms with E-state index < -0.39 is 11.6 Å². The first-order valence-electron chi connectivity index (χ1n) is 8.31. The molecular weight excluding hydrogens is 344 g/mol. The van der Waals surface area contributed by atoms with Gasteiger partial charge in [0.25, 0.3) is 5.71 Å². The molecule has 0 bridgehead atoms. The molecule has 1 aliphatic rings. The fraction of sp³-hybridized carbons (Fsp3) is 0.353. The van der Waals surface area contributed by atoms with E-state index >= 15 is 0 Å². The van der Waals surface area contributed by atoms with Crippen LogP contribution in [-0.4, -0.2) is 59.4 Å². The summed E-state index contributed by atoms with van der Waals surface area (Å²) in [7, 11) is 0. The van der Waals surface area contributed by atoms with Gasteiger partial charge in [0, 0.05) is 37.8 Å². The normalized spacial score (nSPS) is 15.5. The molecular formula is C17H17F2N5O2. The van der Waals surface area contributed by atoms with Crippen molar-refractivity contribution in [3.63, 3.8) is 0 Å². The van der Waals surface area contributed by atoms with Gasteiger partial charge in [-0.25, -0.2) is 13.8 Å². The zero-order valence-corrected chi connectivity index (χ0v) is 13.9. The van der Waals surface area contributed by atoms with Gasteiger partial charge in [-0.2, -0.15) is 4.98 Å². The Bertz CT molecular complexity index is 891. The van der Waals surface area contributed by atoms with Gasteiger partial charge in [0.1, 0.15) is 34.9 Å². The minimum absolute atomic E-state index is 0.258. The Labute approximate surface area is 148 Å². The molecule has 7 nitrogen and oxygen atoms in total. The number of anilines is 1. The Morgan fingerprint density at radius 2 is 1.85 bits per heavy atom. The van der Waals surface area contributed by atoms with Crippen LogP contribution in [0.3, 0.4) is 0 Å². The van der Waals surface area contributed by atoms with Crippen LogP contribution >= 0.6 is 0 Å². The third-order valence-electron chi connectivity index (χ3n) is 4.23. The van der Waals surface area contributed by atoms with Crippen LogP contribution in [0, 0.1) is 11.6 Å². The number of ether oxygens (including phenoxy) is 1. The third kappa shape index (κ3) is 3.49. The highest BCUT2D eigenvalue weighted by Gasteiger charge is 2.18. The summed E-state index contributed by atoms with van der Waals surface area (Å²) in [4.78, 5) is 10.6. The third-order valence-corrected chi connectivity index (χ3v) is 4.23. The molecule has 0 spiro atoms. The van der Waals surface area contributed by atoms with Gasteiger partial charge in [-0.05, 0) is 12.1 Å². The molecule has 0 saturated carbocycles. The van der Waals surface area contributed by atoms with Crippen molar-refractivity contribution in [3.05, 3.63) is 36.2 Å². The van der Waals surface area contributed by atoms with Gasteiger partial charge in [0.2, 0.25) is 0 Å². The summed E-state index contributed by atoms with van der Waals surface area (Å²) in [5.74, 6) is -0.853. The lowest BCUT2D eigenvalue weighted by molar-refractivity contribution is 0.0398. The van der Waals surface area contributed by atoms with Crippen molar-refractivity contribution in [1.29, 1.82) is 0 Å². The Hall–Kier alpha value is -2.65. The number of rotatable bonds is 5. The monoisotopic (exact) mass is 361 g/mol. The second-order valence-electron chi connectivity index (χ2n) is 5.97. The number of morpholine rings is 1. The van der Waals surface area contributed by atoms with E-state index in [-0.39, 0.29) is 11.3 Å². The van der Waals surface area contributed by atoms with Crippen molar-refractivity contribution >= 4 is 16.9 Å². The maximum absolute atomic E-state index is 13.6. The van der Waals surface area contributed by atoms with Gasteiger partial charge in [-0.1, -0.05) is 5.16 Å². The molecule has 0 unspecified atom stereocenters. The predicted molar refractivity (Wildman–Crippen MR) is 90.7 cm³/mol. The van der Waals surface area contributed by atoms with Crippen LogP contribution in [0.4, 0.5) is 14.6 Å². The largest absolute Gasteiger partial charge is 0.379 e. The Kier molecular flexibility index (Phi) is 4.72. The number of aromatic nitrogens is 3. The predicted octanol–water partition coefficient (Wildman–Crippen LogP) is 2.31. The summed E-state index contributed by atoms with van der Waals surface area (Å²) in [5.41, 5.74) is 0.827. The Balaban J connectivity index is 1.59. The second-order valence-corrected chi connectivity index (χ2v) is 5.97. The molecule has 1 aliphatic heterocycles. The molecule has 0 amide bonds. The number of nitrogens with one attached hydrogen (secondary N) is 1. The summed E-state index contributed by atoms with van der Waals surface area (Å²) in [6.45, 7) is 4.72. The van der Waals surface area contributed by atoms with Crippen LogP contribution in [0.5, 0.6) is 0 Å². The number of halogens is 2. The quantitative estimate of drug-likeness (QED) is 0.747. The molecule has 3 aromatic rings. The molecule has 2 aromatic heterocycles. The van der Waals surface area contributed by atoms with Crippen molar-refractivity contribution in [3.8, 4) is 11.3 Å².